The Balaban J connectivity index is 1.28. The predicted octanol–water partition coefficient (Wildman–Crippen LogP) is 4.20. The first kappa shape index (κ1) is 23.3. The first-order chi connectivity index (χ1) is 18.5. The minimum atomic E-state index is -0.517. The van der Waals surface area contributed by atoms with E-state index in [1.807, 2.05) is 30.3 Å². The number of urea groups is 1. The summed E-state index contributed by atoms with van der Waals surface area (Å²) in [4.78, 5) is 55.1. The number of nitrogens with zero attached hydrogens (tertiary/aromatic N) is 5. The Morgan fingerprint density at radius 2 is 1.89 bits per heavy atom. The zero-order chi connectivity index (χ0) is 26.2. The van der Waals surface area contributed by atoms with Crippen LogP contribution in [-0.2, 0) is 4.79 Å². The van der Waals surface area contributed by atoms with Crippen molar-refractivity contribution in [3.63, 3.8) is 0 Å². The van der Waals surface area contributed by atoms with E-state index in [0.717, 1.165) is 11.3 Å². The number of nitrogens with one attached hydrogen (secondary N) is 2. The number of ether oxygens (including phenoxy) is 1. The molecule has 6 rings (SSSR count). The van der Waals surface area contributed by atoms with Crippen molar-refractivity contribution >= 4 is 56.7 Å². The molecule has 2 aliphatic heterocycles. The fraction of sp³-hybridized carbons (Fsp3) is 0.0769. The van der Waals surface area contributed by atoms with Crippen molar-refractivity contribution in [1.29, 1.82) is 0 Å². The van der Waals surface area contributed by atoms with Gasteiger partial charge in [0, 0.05) is 18.4 Å². The maximum Gasteiger partial charge on any atom is 0.333 e. The molecule has 2 aliphatic rings. The number of para-hydroxylation sites is 1. The van der Waals surface area contributed by atoms with Crippen LogP contribution in [0.5, 0.6) is 11.5 Å². The number of benzene rings is 1. The van der Waals surface area contributed by atoms with Gasteiger partial charge in [0.15, 0.2) is 5.75 Å². The molecule has 4 amide bonds. The van der Waals surface area contributed by atoms with Crippen molar-refractivity contribution in [3.05, 3.63) is 84.3 Å². The van der Waals surface area contributed by atoms with E-state index in [0.29, 0.717) is 50.2 Å². The normalized spacial score (nSPS) is 14.2. The molecular formula is C26H19N7O4S. The zero-order valence-electron chi connectivity index (χ0n) is 19.7. The molecule has 0 atom stereocenters. The van der Waals surface area contributed by atoms with Gasteiger partial charge >= 0.3 is 6.03 Å². The molecule has 5 heterocycles. The van der Waals surface area contributed by atoms with Gasteiger partial charge in [0.2, 0.25) is 11.9 Å². The Bertz CT molecular complexity index is 1630. The molecule has 38 heavy (non-hydrogen) atoms. The second kappa shape index (κ2) is 9.41. The molecule has 3 aromatic heterocycles. The Kier molecular flexibility index (Phi) is 5.77. The van der Waals surface area contributed by atoms with Crippen LogP contribution >= 0.6 is 11.3 Å². The summed E-state index contributed by atoms with van der Waals surface area (Å²) in [5.74, 6) is 0.576. The lowest BCUT2D eigenvalue weighted by molar-refractivity contribution is -0.124. The lowest BCUT2D eigenvalue weighted by Crippen LogP contribution is -2.36. The third kappa shape index (κ3) is 4.12. The maximum absolute atomic E-state index is 13.2. The van der Waals surface area contributed by atoms with Crippen LogP contribution in [0.2, 0.25) is 0 Å². The molecule has 0 saturated heterocycles. The molecule has 11 nitrogen and oxygen atoms in total. The highest BCUT2D eigenvalue weighted by Crippen LogP contribution is 2.45. The van der Waals surface area contributed by atoms with E-state index in [1.165, 1.54) is 23.4 Å². The van der Waals surface area contributed by atoms with E-state index in [1.54, 1.807) is 23.2 Å². The highest BCUT2D eigenvalue weighted by atomic mass is 32.1. The minimum Gasteiger partial charge on any atom is -0.454 e. The minimum absolute atomic E-state index is 0.140. The number of aromatic nitrogens is 3. The van der Waals surface area contributed by atoms with Crippen molar-refractivity contribution in [1.82, 2.24) is 25.2 Å². The van der Waals surface area contributed by atoms with Gasteiger partial charge in [-0.3, -0.25) is 9.59 Å². The van der Waals surface area contributed by atoms with Crippen LogP contribution in [-0.4, -0.2) is 50.8 Å². The molecule has 1 aromatic carbocycles. The molecule has 0 fully saturated rings. The van der Waals surface area contributed by atoms with Gasteiger partial charge in [0.1, 0.15) is 15.5 Å². The topological polar surface area (TPSA) is 130 Å². The van der Waals surface area contributed by atoms with Gasteiger partial charge in [-0.25, -0.2) is 24.6 Å². The Hall–Kier alpha value is -5.10. The zero-order valence-corrected chi connectivity index (χ0v) is 20.6. The van der Waals surface area contributed by atoms with Gasteiger partial charge in [0.05, 0.1) is 35.7 Å². The van der Waals surface area contributed by atoms with Crippen LogP contribution in [0.3, 0.4) is 0 Å². The van der Waals surface area contributed by atoms with Gasteiger partial charge in [-0.05, 0) is 30.4 Å². The van der Waals surface area contributed by atoms with E-state index < -0.39 is 11.9 Å². The van der Waals surface area contributed by atoms with E-state index in [9.17, 15) is 14.4 Å². The number of rotatable bonds is 6. The SMILES string of the molecule is C=CC(=O)N1CC=C(NC(=O)c2sc3nccc4c3c2NC(=O)N4c2ncc(Oc3ccccc3)cn2)C1. The number of carbonyl (C=O) groups excluding carboxylic acids is 3. The molecule has 0 aliphatic carbocycles. The molecule has 188 valence electrons. The van der Waals surface area contributed by atoms with Crippen molar-refractivity contribution in [2.45, 2.75) is 0 Å². The second-order valence-electron chi connectivity index (χ2n) is 8.32. The largest absolute Gasteiger partial charge is 0.454 e. The number of carbonyl (C=O) groups is 3. The predicted molar refractivity (Wildman–Crippen MR) is 142 cm³/mol. The lowest BCUT2D eigenvalue weighted by atomic mass is 10.1. The summed E-state index contributed by atoms with van der Waals surface area (Å²) in [5.41, 5.74) is 1.47. The van der Waals surface area contributed by atoms with Crippen LogP contribution in [0.1, 0.15) is 9.67 Å². The van der Waals surface area contributed by atoms with Gasteiger partial charge < -0.3 is 20.3 Å². The summed E-state index contributed by atoms with van der Waals surface area (Å²) < 4.78 is 5.74. The highest BCUT2D eigenvalue weighted by Gasteiger charge is 2.34. The number of anilines is 3. The summed E-state index contributed by atoms with van der Waals surface area (Å²) in [5, 5.41) is 6.26. The van der Waals surface area contributed by atoms with Crippen molar-refractivity contribution in [2.24, 2.45) is 0 Å². The molecule has 2 N–H and O–H groups in total. The Labute approximate surface area is 220 Å². The van der Waals surface area contributed by atoms with Crippen LogP contribution < -0.4 is 20.3 Å². The Morgan fingerprint density at radius 3 is 2.66 bits per heavy atom. The highest BCUT2D eigenvalue weighted by molar-refractivity contribution is 7.21. The fourth-order valence-corrected chi connectivity index (χ4v) is 5.20. The average molecular weight is 526 g/mol. The van der Waals surface area contributed by atoms with Gasteiger partial charge in [-0.2, -0.15) is 0 Å². The van der Waals surface area contributed by atoms with Crippen molar-refractivity contribution < 1.29 is 19.1 Å². The Morgan fingerprint density at radius 1 is 1.11 bits per heavy atom. The molecule has 0 unspecified atom stereocenters. The van der Waals surface area contributed by atoms with Crippen molar-refractivity contribution in [2.75, 3.05) is 23.3 Å². The molecule has 4 aromatic rings. The first-order valence-electron chi connectivity index (χ1n) is 11.5. The second-order valence-corrected chi connectivity index (χ2v) is 9.32. The molecule has 12 heteroatoms. The quantitative estimate of drug-likeness (QED) is 0.361. The smallest absolute Gasteiger partial charge is 0.333 e. The standard InChI is InChI=1S/C26H19N7O4S/c1-2-19(34)32-11-9-15(14-32)30-23(35)22-21-20-18(8-10-27-24(20)38-22)33(26(36)31-21)25-28-12-17(13-29-25)37-16-6-4-3-5-7-16/h2-10,12-13H,1,11,14H2,(H,30,35)(H,31,36). The summed E-state index contributed by atoms with van der Waals surface area (Å²) in [6, 6.07) is 10.4. The molecule has 0 saturated carbocycles. The summed E-state index contributed by atoms with van der Waals surface area (Å²) in [7, 11) is 0. The monoisotopic (exact) mass is 525 g/mol. The third-order valence-electron chi connectivity index (χ3n) is 5.93. The summed E-state index contributed by atoms with van der Waals surface area (Å²) in [6.07, 6.45) is 7.54. The van der Waals surface area contributed by atoms with Gasteiger partial charge in [-0.15, -0.1) is 11.3 Å². The van der Waals surface area contributed by atoms with Crippen LogP contribution in [0.4, 0.5) is 22.1 Å². The number of amides is 4. The lowest BCUT2D eigenvalue weighted by Gasteiger charge is -2.26. The van der Waals surface area contributed by atoms with E-state index in [4.69, 9.17) is 4.74 Å². The number of hydrogen-bond acceptors (Lipinski definition) is 8. The third-order valence-corrected chi connectivity index (χ3v) is 7.02. The first-order valence-corrected chi connectivity index (χ1v) is 12.3. The average Bonchev–Trinajstić information content (AvgIpc) is 3.55. The molecule has 0 radical (unpaired) electrons. The van der Waals surface area contributed by atoms with E-state index in [2.05, 4.69) is 32.2 Å². The van der Waals surface area contributed by atoms with Crippen LogP contribution in [0.15, 0.2) is 79.4 Å². The number of hydrogen-bond donors (Lipinski definition) is 2. The van der Waals surface area contributed by atoms with E-state index in [-0.39, 0.29) is 18.4 Å². The van der Waals surface area contributed by atoms with E-state index >= 15 is 0 Å². The molecule has 0 spiro atoms. The number of pyridine rings is 1. The van der Waals surface area contributed by atoms with Crippen LogP contribution in [0, 0.1) is 0 Å². The fourth-order valence-electron chi connectivity index (χ4n) is 4.19. The molecular weight excluding hydrogens is 506 g/mol. The van der Waals surface area contributed by atoms with Gasteiger partial charge in [0.25, 0.3) is 5.91 Å². The van der Waals surface area contributed by atoms with Crippen LogP contribution in [0.25, 0.3) is 10.2 Å². The summed E-state index contributed by atoms with van der Waals surface area (Å²) in [6.45, 7) is 4.14. The molecule has 0 bridgehead atoms. The van der Waals surface area contributed by atoms with Crippen molar-refractivity contribution in [3.8, 4) is 11.5 Å². The number of thiophene rings is 1. The summed E-state index contributed by atoms with van der Waals surface area (Å²) >= 11 is 1.16. The van der Waals surface area contributed by atoms with Gasteiger partial charge in [-0.1, -0.05) is 24.8 Å². The maximum atomic E-state index is 13.2.